The molecule has 0 amide bonds. The fraction of sp³-hybridized carbons (Fsp3) is 0.950. The zero-order valence-electron chi connectivity index (χ0n) is 15.0. The van der Waals surface area contributed by atoms with Crippen molar-refractivity contribution in [2.75, 3.05) is 6.54 Å². The predicted octanol–water partition coefficient (Wildman–Crippen LogP) is 5.25. The minimum Gasteiger partial charge on any atom is -0.305 e. The van der Waals surface area contributed by atoms with Crippen molar-refractivity contribution in [3.8, 4) is 0 Å². The molecule has 1 N–H and O–H groups in total. The molecule has 2 rings (SSSR count). The summed E-state index contributed by atoms with van der Waals surface area (Å²) >= 11 is 0. The van der Waals surface area contributed by atoms with E-state index in [9.17, 15) is 4.79 Å². The Morgan fingerprint density at radius 3 is 1.73 bits per heavy atom. The normalized spacial score (nSPS) is 21.9. The number of ketones is 1. The molecule has 2 nitrogen and oxygen atoms in total. The second-order valence-electron chi connectivity index (χ2n) is 7.98. The van der Waals surface area contributed by atoms with Gasteiger partial charge in [0.1, 0.15) is 5.78 Å². The van der Waals surface area contributed by atoms with Crippen molar-refractivity contribution in [1.82, 2.24) is 5.32 Å². The Balaban J connectivity index is 2.06. The van der Waals surface area contributed by atoms with Crippen LogP contribution in [0.4, 0.5) is 0 Å². The summed E-state index contributed by atoms with van der Waals surface area (Å²) in [4.78, 5) is 12.7. The monoisotopic (exact) mass is 307 g/mol. The van der Waals surface area contributed by atoms with Gasteiger partial charge in [-0.1, -0.05) is 71.1 Å². The van der Waals surface area contributed by atoms with E-state index < -0.39 is 0 Å². The van der Waals surface area contributed by atoms with E-state index in [4.69, 9.17) is 0 Å². The lowest BCUT2D eigenvalue weighted by Crippen LogP contribution is -2.54. The molecule has 0 heterocycles. The zero-order chi connectivity index (χ0) is 15.8. The maximum absolute atomic E-state index is 12.7. The topological polar surface area (TPSA) is 29.1 Å². The average Bonchev–Trinajstić information content (AvgIpc) is 2.54. The minimum atomic E-state index is -0.222. The third-order valence-electron chi connectivity index (χ3n) is 6.11. The molecule has 22 heavy (non-hydrogen) atoms. The highest BCUT2D eigenvalue weighted by atomic mass is 16.1. The minimum absolute atomic E-state index is 0.222. The van der Waals surface area contributed by atoms with Crippen molar-refractivity contribution in [2.45, 2.75) is 103 Å². The van der Waals surface area contributed by atoms with Gasteiger partial charge in [0, 0.05) is 0 Å². The molecule has 0 bridgehead atoms. The van der Waals surface area contributed by atoms with Gasteiger partial charge >= 0.3 is 0 Å². The van der Waals surface area contributed by atoms with Crippen LogP contribution in [0.1, 0.15) is 97.3 Å². The van der Waals surface area contributed by atoms with Crippen molar-refractivity contribution in [1.29, 1.82) is 0 Å². The van der Waals surface area contributed by atoms with Gasteiger partial charge in [-0.25, -0.2) is 0 Å². The van der Waals surface area contributed by atoms with Gasteiger partial charge in [0.25, 0.3) is 0 Å². The molecule has 0 aromatic rings. The van der Waals surface area contributed by atoms with Crippen molar-refractivity contribution < 1.29 is 4.79 Å². The molecule has 0 atom stereocenters. The zero-order valence-corrected chi connectivity index (χ0v) is 15.0. The molecule has 0 aliphatic heterocycles. The smallest absolute Gasteiger partial charge is 0.149 e. The highest BCUT2D eigenvalue weighted by molar-refractivity contribution is 5.86. The van der Waals surface area contributed by atoms with E-state index in [0.717, 1.165) is 37.6 Å². The molecule has 0 spiro atoms. The van der Waals surface area contributed by atoms with Crippen LogP contribution in [0.3, 0.4) is 0 Å². The van der Waals surface area contributed by atoms with Crippen LogP contribution in [-0.4, -0.2) is 17.9 Å². The quantitative estimate of drug-likeness (QED) is 0.663. The van der Waals surface area contributed by atoms with E-state index in [1.807, 2.05) is 6.92 Å². The molecule has 0 aromatic carbocycles. The summed E-state index contributed by atoms with van der Waals surface area (Å²) in [5.74, 6) is 1.94. The number of carbonyl (C=O) groups is 1. The fourth-order valence-electron chi connectivity index (χ4n) is 4.77. The Morgan fingerprint density at radius 1 is 0.909 bits per heavy atom. The number of hydrogen-bond donors (Lipinski definition) is 1. The standard InChI is InChI=1S/C20H37NO/c1-3-14-21-20(17(2)22,15-18-10-6-4-7-11-18)16-19-12-8-5-9-13-19/h18-19,21H,3-16H2,1-2H3. The van der Waals surface area contributed by atoms with Crippen molar-refractivity contribution >= 4 is 5.78 Å². The van der Waals surface area contributed by atoms with Crippen LogP contribution in [0.25, 0.3) is 0 Å². The number of carbonyl (C=O) groups excluding carboxylic acids is 1. The Hall–Kier alpha value is -0.370. The van der Waals surface area contributed by atoms with E-state index >= 15 is 0 Å². The number of Topliss-reactive ketones (excluding diaryl/α,β-unsaturated/α-hetero) is 1. The summed E-state index contributed by atoms with van der Waals surface area (Å²) in [6, 6.07) is 0. The van der Waals surface area contributed by atoms with Gasteiger partial charge < -0.3 is 5.32 Å². The van der Waals surface area contributed by atoms with Crippen LogP contribution in [0, 0.1) is 11.8 Å². The molecule has 128 valence electrons. The van der Waals surface area contributed by atoms with Crippen LogP contribution < -0.4 is 5.32 Å². The number of hydrogen-bond acceptors (Lipinski definition) is 2. The number of rotatable bonds is 8. The van der Waals surface area contributed by atoms with E-state index in [2.05, 4.69) is 12.2 Å². The molecule has 0 saturated heterocycles. The SMILES string of the molecule is CCCNC(CC1CCCCC1)(CC1CCCCC1)C(C)=O. The first kappa shape index (κ1) is 18.0. The van der Waals surface area contributed by atoms with Crippen molar-refractivity contribution in [2.24, 2.45) is 11.8 Å². The van der Waals surface area contributed by atoms with E-state index in [1.54, 1.807) is 0 Å². The predicted molar refractivity (Wildman–Crippen MR) is 94.1 cm³/mol. The molecule has 0 aromatic heterocycles. The van der Waals surface area contributed by atoms with Crippen molar-refractivity contribution in [3.05, 3.63) is 0 Å². The summed E-state index contributed by atoms with van der Waals surface area (Å²) in [5.41, 5.74) is -0.222. The van der Waals surface area contributed by atoms with E-state index in [-0.39, 0.29) is 5.54 Å². The van der Waals surface area contributed by atoms with Gasteiger partial charge in [0.15, 0.2) is 0 Å². The summed E-state index contributed by atoms with van der Waals surface area (Å²) < 4.78 is 0. The molecule has 2 saturated carbocycles. The molecule has 0 radical (unpaired) electrons. The van der Waals surface area contributed by atoms with Gasteiger partial charge in [-0.2, -0.15) is 0 Å². The van der Waals surface area contributed by atoms with Gasteiger partial charge in [0.05, 0.1) is 5.54 Å². The Kier molecular flexibility index (Phi) is 7.40. The molecule has 0 unspecified atom stereocenters. The second kappa shape index (κ2) is 9.05. The molecular formula is C20H37NO. The van der Waals surface area contributed by atoms with Gasteiger partial charge in [-0.15, -0.1) is 0 Å². The average molecular weight is 308 g/mol. The van der Waals surface area contributed by atoms with Gasteiger partial charge in [0.2, 0.25) is 0 Å². The fourth-order valence-corrected chi connectivity index (χ4v) is 4.77. The molecule has 2 fully saturated rings. The van der Waals surface area contributed by atoms with Crippen LogP contribution >= 0.6 is 0 Å². The van der Waals surface area contributed by atoms with Crippen LogP contribution in [-0.2, 0) is 4.79 Å². The summed E-state index contributed by atoms with van der Waals surface area (Å²) in [7, 11) is 0. The molecule has 2 aliphatic rings. The van der Waals surface area contributed by atoms with Gasteiger partial charge in [-0.05, 0) is 44.6 Å². The van der Waals surface area contributed by atoms with Crippen molar-refractivity contribution in [3.63, 3.8) is 0 Å². The maximum atomic E-state index is 12.7. The lowest BCUT2D eigenvalue weighted by Gasteiger charge is -2.40. The Bertz CT molecular complexity index is 307. The Labute approximate surface area is 137 Å². The third kappa shape index (κ3) is 5.08. The summed E-state index contributed by atoms with van der Waals surface area (Å²) in [5, 5.41) is 3.73. The molecule has 2 aliphatic carbocycles. The first-order valence-electron chi connectivity index (χ1n) is 9.92. The lowest BCUT2D eigenvalue weighted by molar-refractivity contribution is -0.125. The van der Waals surface area contributed by atoms with E-state index in [1.165, 1.54) is 64.2 Å². The largest absolute Gasteiger partial charge is 0.305 e. The lowest BCUT2D eigenvalue weighted by atomic mass is 9.71. The maximum Gasteiger partial charge on any atom is 0.149 e. The van der Waals surface area contributed by atoms with Gasteiger partial charge in [-0.3, -0.25) is 4.79 Å². The highest BCUT2D eigenvalue weighted by Crippen LogP contribution is 2.37. The third-order valence-corrected chi connectivity index (χ3v) is 6.11. The van der Waals surface area contributed by atoms with Crippen LogP contribution in [0.5, 0.6) is 0 Å². The molecular weight excluding hydrogens is 270 g/mol. The summed E-state index contributed by atoms with van der Waals surface area (Å²) in [6.45, 7) is 5.03. The number of nitrogens with one attached hydrogen (secondary N) is 1. The van der Waals surface area contributed by atoms with Crippen LogP contribution in [0.2, 0.25) is 0 Å². The van der Waals surface area contributed by atoms with Crippen LogP contribution in [0.15, 0.2) is 0 Å². The first-order valence-corrected chi connectivity index (χ1v) is 9.92. The summed E-state index contributed by atoms with van der Waals surface area (Å²) in [6.07, 6.45) is 16.9. The first-order chi connectivity index (χ1) is 10.7. The Morgan fingerprint density at radius 2 is 1.36 bits per heavy atom. The molecule has 2 heteroatoms. The van der Waals surface area contributed by atoms with E-state index in [0.29, 0.717) is 5.78 Å². The highest BCUT2D eigenvalue weighted by Gasteiger charge is 2.39. The second-order valence-corrected chi connectivity index (χ2v) is 7.98.